The van der Waals surface area contributed by atoms with Crippen LogP contribution in [-0.2, 0) is 4.79 Å². The largest absolute Gasteiger partial charge is 0.335 e. The van der Waals surface area contributed by atoms with Crippen LogP contribution < -0.4 is 10.7 Å². The number of nitrogens with two attached hydrogens (primary N) is 1. The topological polar surface area (TPSA) is 101 Å². The number of benzene rings is 1. The molecule has 126 valence electrons. The van der Waals surface area contributed by atoms with Crippen molar-refractivity contribution in [2.24, 2.45) is 0 Å². The Balaban J connectivity index is 1.70. The molecule has 9 heteroatoms. The number of thioether (sulfide) groups is 1. The average molecular weight is 370 g/mol. The third kappa shape index (κ3) is 3.81. The van der Waals surface area contributed by atoms with Gasteiger partial charge >= 0.3 is 0 Å². The summed E-state index contributed by atoms with van der Waals surface area (Å²) < 4.78 is 1.38. The van der Waals surface area contributed by atoms with E-state index in [4.69, 9.17) is 11.1 Å². The lowest BCUT2D eigenvalue weighted by atomic mass is 10.3. The number of nitrogens with zero attached hydrogens (tertiary/aromatic N) is 5. The molecule has 0 radical (unpaired) electrons. The van der Waals surface area contributed by atoms with Crippen molar-refractivity contribution < 1.29 is 4.79 Å². The first kappa shape index (κ1) is 17.0. The van der Waals surface area contributed by atoms with E-state index in [0.29, 0.717) is 16.7 Å². The van der Waals surface area contributed by atoms with Crippen molar-refractivity contribution in [3.63, 3.8) is 0 Å². The smallest absolute Gasteiger partial charge is 0.238 e. The van der Waals surface area contributed by atoms with Gasteiger partial charge in [0.15, 0.2) is 5.82 Å². The highest BCUT2D eigenvalue weighted by atomic mass is 32.2. The van der Waals surface area contributed by atoms with Gasteiger partial charge in [-0.25, -0.2) is 4.68 Å². The van der Waals surface area contributed by atoms with Gasteiger partial charge in [-0.3, -0.25) is 9.69 Å². The van der Waals surface area contributed by atoms with Crippen LogP contribution in [-0.4, -0.2) is 33.1 Å². The van der Waals surface area contributed by atoms with Crippen LogP contribution in [0.2, 0.25) is 0 Å². The van der Waals surface area contributed by atoms with Gasteiger partial charge in [0.1, 0.15) is 6.54 Å². The highest BCUT2D eigenvalue weighted by Gasteiger charge is 2.18. The van der Waals surface area contributed by atoms with Crippen molar-refractivity contribution >= 4 is 34.7 Å². The van der Waals surface area contributed by atoms with Gasteiger partial charge in [0.05, 0.1) is 16.7 Å². The summed E-state index contributed by atoms with van der Waals surface area (Å²) in [6, 6.07) is 14.9. The Labute approximate surface area is 152 Å². The van der Waals surface area contributed by atoms with Gasteiger partial charge in [-0.05, 0) is 23.6 Å². The number of nitriles is 1. The van der Waals surface area contributed by atoms with Crippen LogP contribution in [0.3, 0.4) is 0 Å². The number of anilines is 1. The third-order valence-corrected chi connectivity index (χ3v) is 5.12. The van der Waals surface area contributed by atoms with E-state index in [1.165, 1.54) is 32.7 Å². The van der Waals surface area contributed by atoms with Gasteiger partial charge in [-0.15, -0.1) is 21.5 Å². The molecular weight excluding hydrogens is 356 g/mol. The van der Waals surface area contributed by atoms with Gasteiger partial charge in [-0.1, -0.05) is 36.0 Å². The molecule has 2 N–H and O–H groups in total. The summed E-state index contributed by atoms with van der Waals surface area (Å²) in [7, 11) is 0. The Bertz CT molecular complexity index is 885. The monoisotopic (exact) mass is 370 g/mol. The average Bonchev–Trinajstić information content (AvgIpc) is 3.28. The molecule has 0 aliphatic heterocycles. The lowest BCUT2D eigenvalue weighted by Gasteiger charge is -2.19. The summed E-state index contributed by atoms with van der Waals surface area (Å²) in [5.74, 6) is 6.50. The van der Waals surface area contributed by atoms with Crippen molar-refractivity contribution in [2.45, 2.75) is 5.16 Å². The Hall–Kier alpha value is -2.83. The maximum absolute atomic E-state index is 12.5. The number of hydrogen-bond donors (Lipinski definition) is 1. The second-order valence-electron chi connectivity index (χ2n) is 4.92. The molecular formula is C16H14N6OS2. The molecule has 0 saturated heterocycles. The number of carbonyl (C=O) groups excluding carboxylic acids is 1. The van der Waals surface area contributed by atoms with Crippen LogP contribution in [0.25, 0.3) is 10.7 Å². The summed E-state index contributed by atoms with van der Waals surface area (Å²) in [5.41, 5.74) is 0.683. The summed E-state index contributed by atoms with van der Waals surface area (Å²) in [5, 5.41) is 19.5. The zero-order chi connectivity index (χ0) is 17.6. The maximum atomic E-state index is 12.5. The van der Waals surface area contributed by atoms with Crippen LogP contribution in [0.15, 0.2) is 53.0 Å². The van der Waals surface area contributed by atoms with Crippen molar-refractivity contribution in [1.82, 2.24) is 14.9 Å². The van der Waals surface area contributed by atoms with Gasteiger partial charge in [-0.2, -0.15) is 5.26 Å². The molecule has 0 saturated carbocycles. The predicted molar refractivity (Wildman–Crippen MR) is 98.6 cm³/mol. The highest BCUT2D eigenvalue weighted by Crippen LogP contribution is 2.25. The fraction of sp³-hybridized carbons (Fsp3) is 0.125. The van der Waals surface area contributed by atoms with E-state index in [1.807, 2.05) is 41.8 Å². The molecule has 2 aromatic heterocycles. The van der Waals surface area contributed by atoms with E-state index in [2.05, 4.69) is 10.2 Å². The number of hydrogen-bond acceptors (Lipinski definition) is 7. The Morgan fingerprint density at radius 3 is 2.76 bits per heavy atom. The molecule has 1 amide bonds. The minimum atomic E-state index is -0.196. The molecule has 0 unspecified atom stereocenters. The molecule has 3 rings (SSSR count). The van der Waals surface area contributed by atoms with Crippen LogP contribution >= 0.6 is 23.1 Å². The highest BCUT2D eigenvalue weighted by molar-refractivity contribution is 7.99. The van der Waals surface area contributed by atoms with Crippen LogP contribution in [0.1, 0.15) is 0 Å². The molecule has 2 heterocycles. The van der Waals surface area contributed by atoms with E-state index >= 15 is 0 Å². The molecule has 7 nitrogen and oxygen atoms in total. The zero-order valence-electron chi connectivity index (χ0n) is 13.1. The van der Waals surface area contributed by atoms with Gasteiger partial charge in [0.2, 0.25) is 11.1 Å². The first-order valence-corrected chi connectivity index (χ1v) is 9.16. The van der Waals surface area contributed by atoms with E-state index < -0.39 is 0 Å². The van der Waals surface area contributed by atoms with Crippen LogP contribution in [0.5, 0.6) is 0 Å². The number of para-hydroxylation sites is 1. The lowest BCUT2D eigenvalue weighted by molar-refractivity contribution is -0.116. The molecule has 0 atom stereocenters. The van der Waals surface area contributed by atoms with Gasteiger partial charge in [0.25, 0.3) is 0 Å². The molecule has 0 spiro atoms. The normalized spacial score (nSPS) is 10.4. The predicted octanol–water partition coefficient (Wildman–Crippen LogP) is 2.37. The number of amides is 1. The first-order valence-electron chi connectivity index (χ1n) is 7.30. The van der Waals surface area contributed by atoms with Crippen molar-refractivity contribution in [2.75, 3.05) is 23.0 Å². The molecule has 0 aliphatic rings. The molecule has 0 bridgehead atoms. The number of rotatable bonds is 6. The van der Waals surface area contributed by atoms with Crippen LogP contribution in [0.4, 0.5) is 5.69 Å². The molecule has 3 aromatic rings. The molecule has 0 aliphatic carbocycles. The number of nitrogen functional groups attached to an aromatic ring is 1. The standard InChI is InChI=1S/C16H14N6OS2/c17-8-9-21(12-5-2-1-3-6-12)14(23)11-25-16-20-19-15(22(16)18)13-7-4-10-24-13/h1-7,10H,9,11,18H2. The zero-order valence-corrected chi connectivity index (χ0v) is 14.7. The van der Waals surface area contributed by atoms with Crippen molar-refractivity contribution in [3.8, 4) is 16.8 Å². The summed E-state index contributed by atoms with van der Waals surface area (Å²) in [4.78, 5) is 14.9. The molecule has 0 fully saturated rings. The Morgan fingerprint density at radius 2 is 2.08 bits per heavy atom. The minimum Gasteiger partial charge on any atom is -0.335 e. The summed E-state index contributed by atoms with van der Waals surface area (Å²) in [6.45, 7) is -0.0147. The third-order valence-electron chi connectivity index (χ3n) is 3.33. The molecule has 1 aromatic carbocycles. The Kier molecular flexibility index (Phi) is 5.33. The maximum Gasteiger partial charge on any atom is 0.238 e. The van der Waals surface area contributed by atoms with Crippen LogP contribution in [0, 0.1) is 11.3 Å². The van der Waals surface area contributed by atoms with Gasteiger partial charge < -0.3 is 5.84 Å². The van der Waals surface area contributed by atoms with Gasteiger partial charge in [0, 0.05) is 5.69 Å². The number of carbonyl (C=O) groups is 1. The summed E-state index contributed by atoms with van der Waals surface area (Å²) in [6.07, 6.45) is 0. The Morgan fingerprint density at radius 1 is 1.28 bits per heavy atom. The second kappa shape index (κ2) is 7.83. The second-order valence-corrected chi connectivity index (χ2v) is 6.81. The van der Waals surface area contributed by atoms with E-state index in [1.54, 1.807) is 12.1 Å². The van der Waals surface area contributed by atoms with E-state index in [-0.39, 0.29) is 18.2 Å². The summed E-state index contributed by atoms with van der Waals surface area (Å²) >= 11 is 2.70. The lowest BCUT2D eigenvalue weighted by Crippen LogP contribution is -2.32. The molecule has 25 heavy (non-hydrogen) atoms. The SMILES string of the molecule is N#CCN(C(=O)CSc1nnc(-c2cccs2)n1N)c1ccccc1. The minimum absolute atomic E-state index is 0.0147. The van der Waals surface area contributed by atoms with Crippen molar-refractivity contribution in [3.05, 3.63) is 47.8 Å². The fourth-order valence-corrected chi connectivity index (χ4v) is 3.59. The number of aromatic nitrogens is 3. The fourth-order valence-electron chi connectivity index (χ4n) is 2.16. The van der Waals surface area contributed by atoms with Crippen molar-refractivity contribution in [1.29, 1.82) is 5.26 Å². The number of thiophene rings is 1. The quantitative estimate of drug-likeness (QED) is 0.406. The first-order chi connectivity index (χ1) is 12.2. The van der Waals surface area contributed by atoms with E-state index in [9.17, 15) is 4.79 Å². The van der Waals surface area contributed by atoms with E-state index in [0.717, 1.165) is 4.88 Å².